The maximum absolute atomic E-state index is 12.6. The smallest absolute Gasteiger partial charge is 0.326 e. The summed E-state index contributed by atoms with van der Waals surface area (Å²) in [5.74, 6) is -0.503. The lowest BCUT2D eigenvalue weighted by Gasteiger charge is -2.09. The molecule has 0 unspecified atom stereocenters. The van der Waals surface area contributed by atoms with Crippen molar-refractivity contribution in [1.82, 2.24) is 9.97 Å². The molecule has 9 heteroatoms. The first kappa shape index (κ1) is 19.8. The third-order valence-corrected chi connectivity index (χ3v) is 4.16. The predicted octanol–water partition coefficient (Wildman–Crippen LogP) is 4.53. The molecule has 0 saturated carbocycles. The molecule has 2 heterocycles. The molecule has 0 fully saturated rings. The Balaban J connectivity index is 1.73. The number of hydrogen-bond donors (Lipinski definition) is 2. The molecule has 0 aliphatic heterocycles. The molecule has 0 aliphatic carbocycles. The van der Waals surface area contributed by atoms with Gasteiger partial charge >= 0.3 is 6.18 Å². The molecule has 1 aromatic carbocycles. The van der Waals surface area contributed by atoms with Crippen LogP contribution in [0.1, 0.15) is 21.5 Å². The molecule has 28 heavy (non-hydrogen) atoms. The molecule has 0 aliphatic rings. The number of amides is 1. The standard InChI is InChI=1S/C19H14ClF3N4O/c20-15-7-11(8-24)9-26-17(15)16-6-1-12(10-25-16)18(28)27-14-4-2-13(3-5-14)19(21,22)23/h1-7,9-10H,8,24H2,(H,27,28). The van der Waals surface area contributed by atoms with Crippen molar-refractivity contribution in [2.45, 2.75) is 12.7 Å². The minimum atomic E-state index is -4.43. The summed E-state index contributed by atoms with van der Waals surface area (Å²) in [5, 5.41) is 2.91. The van der Waals surface area contributed by atoms with E-state index in [0.29, 0.717) is 23.0 Å². The fraction of sp³-hybridized carbons (Fsp3) is 0.105. The van der Waals surface area contributed by atoms with Crippen LogP contribution in [-0.2, 0) is 12.7 Å². The van der Waals surface area contributed by atoms with Gasteiger partial charge in [-0.1, -0.05) is 11.6 Å². The summed E-state index contributed by atoms with van der Waals surface area (Å²) in [5.41, 5.74) is 6.93. The minimum Gasteiger partial charge on any atom is -0.326 e. The Hall–Kier alpha value is -2.97. The largest absolute Gasteiger partial charge is 0.416 e. The van der Waals surface area contributed by atoms with Gasteiger partial charge in [0, 0.05) is 24.6 Å². The molecule has 144 valence electrons. The number of carbonyl (C=O) groups is 1. The third kappa shape index (κ3) is 4.47. The third-order valence-electron chi connectivity index (χ3n) is 3.87. The van der Waals surface area contributed by atoms with Crippen molar-refractivity contribution < 1.29 is 18.0 Å². The van der Waals surface area contributed by atoms with E-state index in [1.807, 2.05) is 0 Å². The van der Waals surface area contributed by atoms with Crippen LogP contribution >= 0.6 is 11.6 Å². The van der Waals surface area contributed by atoms with Crippen LogP contribution in [-0.4, -0.2) is 15.9 Å². The molecule has 2 aromatic heterocycles. The Morgan fingerprint density at radius 2 is 1.79 bits per heavy atom. The number of nitrogens with one attached hydrogen (secondary N) is 1. The van der Waals surface area contributed by atoms with Crippen molar-refractivity contribution in [3.05, 3.63) is 76.6 Å². The quantitative estimate of drug-likeness (QED) is 0.667. The van der Waals surface area contributed by atoms with Gasteiger partial charge in [0.2, 0.25) is 0 Å². The van der Waals surface area contributed by atoms with E-state index in [1.165, 1.54) is 24.4 Å². The Bertz CT molecular complexity index is 990. The van der Waals surface area contributed by atoms with Crippen LogP contribution in [0.25, 0.3) is 11.4 Å². The maximum atomic E-state index is 12.6. The van der Waals surface area contributed by atoms with E-state index in [-0.39, 0.29) is 11.3 Å². The number of alkyl halides is 3. The highest BCUT2D eigenvalue weighted by atomic mass is 35.5. The zero-order chi connectivity index (χ0) is 20.3. The second-order valence-corrected chi connectivity index (χ2v) is 6.25. The van der Waals surface area contributed by atoms with Crippen LogP contribution in [0.3, 0.4) is 0 Å². The van der Waals surface area contributed by atoms with Crippen LogP contribution in [0, 0.1) is 0 Å². The molecule has 3 aromatic rings. The van der Waals surface area contributed by atoms with Gasteiger partial charge < -0.3 is 11.1 Å². The molecule has 3 rings (SSSR count). The fourth-order valence-corrected chi connectivity index (χ4v) is 2.68. The van der Waals surface area contributed by atoms with Crippen molar-refractivity contribution in [2.75, 3.05) is 5.32 Å². The van der Waals surface area contributed by atoms with Gasteiger partial charge in [-0.3, -0.25) is 14.8 Å². The van der Waals surface area contributed by atoms with Crippen molar-refractivity contribution >= 4 is 23.2 Å². The molecule has 1 amide bonds. The normalized spacial score (nSPS) is 11.3. The van der Waals surface area contributed by atoms with Gasteiger partial charge in [0.15, 0.2) is 0 Å². The topological polar surface area (TPSA) is 80.9 Å². The van der Waals surface area contributed by atoms with Gasteiger partial charge in [-0.2, -0.15) is 13.2 Å². The average Bonchev–Trinajstić information content (AvgIpc) is 2.67. The van der Waals surface area contributed by atoms with Crippen molar-refractivity contribution in [3.8, 4) is 11.4 Å². The van der Waals surface area contributed by atoms with Gasteiger partial charge in [0.1, 0.15) is 5.69 Å². The maximum Gasteiger partial charge on any atom is 0.416 e. The summed E-state index contributed by atoms with van der Waals surface area (Å²) in [6.07, 6.45) is -1.50. The molecular formula is C19H14ClF3N4O. The van der Waals surface area contributed by atoms with Gasteiger partial charge in [-0.25, -0.2) is 0 Å². The summed E-state index contributed by atoms with van der Waals surface area (Å²) in [7, 11) is 0. The number of rotatable bonds is 4. The second kappa shape index (κ2) is 7.95. The summed E-state index contributed by atoms with van der Waals surface area (Å²) in [6.45, 7) is 0.309. The van der Waals surface area contributed by atoms with Crippen LogP contribution in [0.15, 0.2) is 54.9 Å². The summed E-state index contributed by atoms with van der Waals surface area (Å²) < 4.78 is 37.7. The number of benzene rings is 1. The molecule has 0 radical (unpaired) electrons. The zero-order valence-corrected chi connectivity index (χ0v) is 15.1. The lowest BCUT2D eigenvalue weighted by molar-refractivity contribution is -0.137. The summed E-state index contributed by atoms with van der Waals surface area (Å²) in [4.78, 5) is 20.7. The van der Waals surface area contributed by atoms with Gasteiger partial charge in [0.25, 0.3) is 5.91 Å². The minimum absolute atomic E-state index is 0.235. The van der Waals surface area contributed by atoms with Crippen molar-refractivity contribution in [2.24, 2.45) is 5.73 Å². The molecule has 0 bridgehead atoms. The molecule has 3 N–H and O–H groups in total. The second-order valence-electron chi connectivity index (χ2n) is 5.84. The highest BCUT2D eigenvalue weighted by molar-refractivity contribution is 6.33. The summed E-state index contributed by atoms with van der Waals surface area (Å²) >= 11 is 6.18. The first-order valence-electron chi connectivity index (χ1n) is 8.07. The lowest BCUT2D eigenvalue weighted by atomic mass is 10.1. The summed E-state index contributed by atoms with van der Waals surface area (Å²) in [6, 6.07) is 8.97. The van der Waals surface area contributed by atoms with Crippen molar-refractivity contribution in [1.29, 1.82) is 0 Å². The number of carbonyl (C=O) groups excluding carboxylic acids is 1. The molecular weight excluding hydrogens is 393 g/mol. The predicted molar refractivity (Wildman–Crippen MR) is 99.8 cm³/mol. The highest BCUT2D eigenvalue weighted by Crippen LogP contribution is 2.30. The van der Waals surface area contributed by atoms with Crippen LogP contribution in [0.4, 0.5) is 18.9 Å². The van der Waals surface area contributed by atoms with Crippen molar-refractivity contribution in [3.63, 3.8) is 0 Å². The Morgan fingerprint density at radius 3 is 2.32 bits per heavy atom. The monoisotopic (exact) mass is 406 g/mol. The van der Waals surface area contributed by atoms with E-state index in [4.69, 9.17) is 17.3 Å². The van der Waals surface area contributed by atoms with E-state index >= 15 is 0 Å². The van der Waals surface area contributed by atoms with Gasteiger partial charge in [0.05, 0.1) is 21.8 Å². The number of halogens is 4. The first-order valence-corrected chi connectivity index (χ1v) is 8.45. The zero-order valence-electron chi connectivity index (χ0n) is 14.3. The number of anilines is 1. The van der Waals surface area contributed by atoms with E-state index in [9.17, 15) is 18.0 Å². The number of nitrogens with zero attached hydrogens (tertiary/aromatic N) is 2. The Labute approximate surface area is 163 Å². The van der Waals surface area contributed by atoms with Gasteiger partial charge in [-0.05, 0) is 48.0 Å². The van der Waals surface area contributed by atoms with Crippen LogP contribution in [0.5, 0.6) is 0 Å². The molecule has 0 saturated heterocycles. The molecule has 0 spiro atoms. The van der Waals surface area contributed by atoms with E-state index in [0.717, 1.165) is 17.7 Å². The Morgan fingerprint density at radius 1 is 1.07 bits per heavy atom. The van der Waals surface area contributed by atoms with Crippen LogP contribution < -0.4 is 11.1 Å². The lowest BCUT2D eigenvalue weighted by Crippen LogP contribution is -2.12. The highest BCUT2D eigenvalue weighted by Gasteiger charge is 2.30. The number of aromatic nitrogens is 2. The van der Waals surface area contributed by atoms with Crippen LogP contribution in [0.2, 0.25) is 5.02 Å². The number of nitrogens with two attached hydrogens (primary N) is 1. The number of hydrogen-bond acceptors (Lipinski definition) is 4. The van der Waals surface area contributed by atoms with E-state index < -0.39 is 17.6 Å². The molecule has 0 atom stereocenters. The fourth-order valence-electron chi connectivity index (χ4n) is 2.39. The number of pyridine rings is 2. The Kier molecular flexibility index (Phi) is 5.62. The van der Waals surface area contributed by atoms with E-state index in [2.05, 4.69) is 15.3 Å². The first-order chi connectivity index (χ1) is 13.3. The molecule has 5 nitrogen and oxygen atoms in total. The average molecular weight is 407 g/mol. The van der Waals surface area contributed by atoms with E-state index in [1.54, 1.807) is 18.3 Å². The van der Waals surface area contributed by atoms with Gasteiger partial charge in [-0.15, -0.1) is 0 Å². The SMILES string of the molecule is NCc1cnc(-c2ccc(C(=O)Nc3ccc(C(F)(F)F)cc3)cn2)c(Cl)c1.